The van der Waals surface area contributed by atoms with Gasteiger partial charge in [-0.3, -0.25) is 0 Å². The Bertz CT molecular complexity index is 389. The van der Waals surface area contributed by atoms with Crippen molar-refractivity contribution in [3.63, 3.8) is 0 Å². The van der Waals surface area contributed by atoms with Crippen molar-refractivity contribution >= 4 is 26.7 Å². The van der Waals surface area contributed by atoms with Crippen LogP contribution < -0.4 is 0 Å². The van der Waals surface area contributed by atoms with Crippen LogP contribution in [0.25, 0.3) is 6.08 Å². The first kappa shape index (κ1) is 8.14. The Morgan fingerprint density at radius 1 is 1.25 bits per heavy atom. The molecule has 0 fully saturated rings. The quantitative estimate of drug-likeness (QED) is 0.612. The van der Waals surface area contributed by atoms with Gasteiger partial charge in [-0.2, -0.15) is 0 Å². The van der Waals surface area contributed by atoms with E-state index < -0.39 is 0 Å². The Hall–Kier alpha value is -0.470. The molecule has 0 bridgehead atoms. The van der Waals surface area contributed by atoms with E-state index in [1.165, 1.54) is 21.6 Å². The zero-order chi connectivity index (χ0) is 8.72. The van der Waals surface area contributed by atoms with Gasteiger partial charge in [0.2, 0.25) is 0 Å². The molecule has 1 aliphatic rings. The van der Waals surface area contributed by atoms with Crippen LogP contribution in [0.3, 0.4) is 0 Å². The number of hydrogen-bond acceptors (Lipinski definition) is 1. The lowest BCUT2D eigenvalue weighted by molar-refractivity contribution is 1.28. The molecule has 2 heteroatoms. The van der Waals surface area contributed by atoms with Crippen LogP contribution in [-0.2, 0) is 20.6 Å². The van der Waals surface area contributed by atoms with Crippen molar-refractivity contribution in [3.8, 4) is 0 Å². The van der Waals surface area contributed by atoms with E-state index in [0.717, 1.165) is 0 Å². The second-order valence-corrected chi connectivity index (χ2v) is 5.48. The number of fused-ring (bicyclic) bond motifs is 1. The highest BCUT2D eigenvalue weighted by Gasteiger charge is 2.11. The minimum Gasteiger partial charge on any atom is -0.0653 e. The summed E-state index contributed by atoms with van der Waals surface area (Å²) in [5.74, 6) is 0. The van der Waals surface area contributed by atoms with Crippen molar-refractivity contribution in [2.75, 3.05) is 0 Å². The number of hydrogen-bond donors (Lipinski definition) is 0. The summed E-state index contributed by atoms with van der Waals surface area (Å²) in [5, 5.41) is 2.12. The number of rotatable bonds is 0. The summed E-state index contributed by atoms with van der Waals surface area (Å²) in [6, 6.07) is 4.42. The van der Waals surface area contributed by atoms with Gasteiger partial charge in [-0.25, -0.2) is 0 Å². The van der Waals surface area contributed by atoms with Gasteiger partial charge in [0.05, 0.1) is 0 Å². The zero-order valence-corrected chi connectivity index (χ0v) is 8.76. The first-order valence-electron chi connectivity index (χ1n) is 3.88. The van der Waals surface area contributed by atoms with Crippen molar-refractivity contribution in [1.29, 1.82) is 0 Å². The molecule has 1 aliphatic heterocycles. The van der Waals surface area contributed by atoms with Crippen molar-refractivity contribution < 1.29 is 0 Å². The molecule has 0 amide bonds. The minimum atomic E-state index is -0.0656. The van der Waals surface area contributed by atoms with E-state index in [-0.39, 0.29) is 9.45 Å². The molecule has 0 saturated heterocycles. The summed E-state index contributed by atoms with van der Waals surface area (Å²) in [4.78, 5) is 1.34. The standard InChI is InChI=1S/C10H10S2/c1-7-5-8(2)9-3-4-12(11)10(9)6-7/h3-6H,1-2H3. The normalized spacial score (nSPS) is 19.7. The van der Waals surface area contributed by atoms with Crippen molar-refractivity contribution in [2.45, 2.75) is 18.7 Å². The Balaban J connectivity index is 2.74. The van der Waals surface area contributed by atoms with Gasteiger partial charge in [0.1, 0.15) is 0 Å². The summed E-state index contributed by atoms with van der Waals surface area (Å²) in [7, 11) is -0.0656. The molecule has 62 valence electrons. The van der Waals surface area contributed by atoms with E-state index in [1.807, 2.05) is 0 Å². The first-order chi connectivity index (χ1) is 5.68. The molecule has 0 aliphatic carbocycles. The van der Waals surface area contributed by atoms with Gasteiger partial charge in [0.25, 0.3) is 0 Å². The van der Waals surface area contributed by atoms with Crippen LogP contribution in [0.1, 0.15) is 16.7 Å². The van der Waals surface area contributed by atoms with Gasteiger partial charge >= 0.3 is 0 Å². The number of benzene rings is 1. The molecule has 0 aromatic heterocycles. The summed E-state index contributed by atoms with van der Waals surface area (Å²) in [6.07, 6.45) is 2.15. The fourth-order valence-corrected chi connectivity index (χ4v) is 3.26. The van der Waals surface area contributed by atoms with E-state index in [1.54, 1.807) is 0 Å². The Labute approximate surface area is 79.9 Å². The average Bonchev–Trinajstić information content (AvgIpc) is 2.33. The zero-order valence-electron chi connectivity index (χ0n) is 7.13. The van der Waals surface area contributed by atoms with Crippen LogP contribution in [0.15, 0.2) is 22.4 Å². The Morgan fingerprint density at radius 2 is 2.00 bits per heavy atom. The second-order valence-electron chi connectivity index (χ2n) is 3.09. The average molecular weight is 194 g/mol. The molecular weight excluding hydrogens is 184 g/mol. The fourth-order valence-electron chi connectivity index (χ4n) is 1.52. The maximum atomic E-state index is 5.32. The third kappa shape index (κ3) is 1.15. The molecule has 0 N–H and O–H groups in total. The topological polar surface area (TPSA) is 0 Å². The second kappa shape index (κ2) is 2.79. The van der Waals surface area contributed by atoms with Crippen molar-refractivity contribution in [1.82, 2.24) is 0 Å². The molecule has 0 spiro atoms. The molecule has 1 aromatic rings. The summed E-state index contributed by atoms with van der Waals surface area (Å²) in [5.41, 5.74) is 4.01. The molecule has 2 rings (SSSR count). The highest BCUT2D eigenvalue weighted by molar-refractivity contribution is 8.30. The minimum absolute atomic E-state index is 0.0656. The van der Waals surface area contributed by atoms with Crippen molar-refractivity contribution in [2.24, 2.45) is 0 Å². The van der Waals surface area contributed by atoms with Crippen LogP contribution in [-0.4, -0.2) is 0 Å². The van der Waals surface area contributed by atoms with E-state index >= 15 is 0 Å². The van der Waals surface area contributed by atoms with E-state index in [4.69, 9.17) is 11.2 Å². The largest absolute Gasteiger partial charge is 0.0653 e. The van der Waals surface area contributed by atoms with Gasteiger partial charge in [0, 0.05) is 4.90 Å². The fraction of sp³-hybridized carbons (Fsp3) is 0.200. The van der Waals surface area contributed by atoms with Gasteiger partial charge < -0.3 is 0 Å². The molecule has 1 atom stereocenters. The van der Waals surface area contributed by atoms with Crippen molar-refractivity contribution in [3.05, 3.63) is 34.2 Å². The SMILES string of the molecule is Cc1cc(C)c2c(c1)S(=S)C=C2. The van der Waals surface area contributed by atoms with Gasteiger partial charge in [-0.15, -0.1) is 0 Å². The predicted octanol–water partition coefficient (Wildman–Crippen LogP) is 2.73. The first-order valence-corrected chi connectivity index (χ1v) is 6.10. The lowest BCUT2D eigenvalue weighted by Crippen LogP contribution is -1.88. The van der Waals surface area contributed by atoms with Crippen LogP contribution in [0.4, 0.5) is 0 Å². The third-order valence-electron chi connectivity index (χ3n) is 2.07. The van der Waals surface area contributed by atoms with Gasteiger partial charge in [-0.05, 0) is 59.3 Å². The van der Waals surface area contributed by atoms with Crippen LogP contribution in [0.5, 0.6) is 0 Å². The van der Waals surface area contributed by atoms with E-state index in [9.17, 15) is 0 Å². The molecule has 12 heavy (non-hydrogen) atoms. The van der Waals surface area contributed by atoms with Gasteiger partial charge in [-0.1, -0.05) is 15.5 Å². The summed E-state index contributed by atoms with van der Waals surface area (Å²) >= 11 is 5.32. The third-order valence-corrected chi connectivity index (χ3v) is 4.09. The Morgan fingerprint density at radius 3 is 2.75 bits per heavy atom. The molecule has 0 radical (unpaired) electrons. The monoisotopic (exact) mass is 194 g/mol. The van der Waals surface area contributed by atoms with Crippen LogP contribution in [0.2, 0.25) is 0 Å². The highest BCUT2D eigenvalue weighted by atomic mass is 32.8. The maximum Gasteiger partial charge on any atom is 0.0237 e. The van der Waals surface area contributed by atoms with E-state index in [2.05, 4.69) is 37.5 Å². The molecule has 1 unspecified atom stereocenters. The Kier molecular flexibility index (Phi) is 1.89. The molecule has 1 heterocycles. The molecule has 0 saturated carbocycles. The molecule has 1 aromatic carbocycles. The summed E-state index contributed by atoms with van der Waals surface area (Å²) < 4.78 is 0. The molecule has 0 nitrogen and oxygen atoms in total. The highest BCUT2D eigenvalue weighted by Crippen LogP contribution is 2.27. The van der Waals surface area contributed by atoms with Crippen LogP contribution >= 0.6 is 0 Å². The molecular formula is C10H10S2. The lowest BCUT2D eigenvalue weighted by atomic mass is 10.1. The summed E-state index contributed by atoms with van der Waals surface area (Å²) in [6.45, 7) is 4.27. The van der Waals surface area contributed by atoms with Gasteiger partial charge in [0.15, 0.2) is 0 Å². The number of aryl methyl sites for hydroxylation is 2. The van der Waals surface area contributed by atoms with E-state index in [0.29, 0.717) is 0 Å². The lowest BCUT2D eigenvalue weighted by Gasteiger charge is -2.04. The predicted molar refractivity (Wildman–Crippen MR) is 57.9 cm³/mol. The van der Waals surface area contributed by atoms with Crippen LogP contribution in [0, 0.1) is 13.8 Å². The smallest absolute Gasteiger partial charge is 0.0237 e. The maximum absolute atomic E-state index is 5.32.